The number of anilines is 1. The molecule has 1 amide bonds. The van der Waals surface area contributed by atoms with Crippen LogP contribution in [-0.4, -0.2) is 5.91 Å². The Morgan fingerprint density at radius 3 is 2.21 bits per heavy atom. The first kappa shape index (κ1) is 11.7. The number of hydrogen-bond donors (Lipinski definition) is 1. The second kappa shape index (κ2) is 4.94. The predicted molar refractivity (Wildman–Crippen MR) is 65.3 cm³/mol. The lowest BCUT2D eigenvalue weighted by Crippen LogP contribution is -2.18. The van der Waals surface area contributed by atoms with Gasteiger partial charge in [-0.05, 0) is 44.0 Å². The van der Waals surface area contributed by atoms with Crippen molar-refractivity contribution in [1.29, 1.82) is 0 Å². The summed E-state index contributed by atoms with van der Waals surface area (Å²) in [4.78, 5) is 11.5. The van der Waals surface area contributed by atoms with Gasteiger partial charge in [-0.2, -0.15) is 0 Å². The lowest BCUT2D eigenvalue weighted by Gasteiger charge is -2.10. The van der Waals surface area contributed by atoms with Crippen molar-refractivity contribution in [2.75, 3.05) is 5.32 Å². The molecule has 1 N–H and O–H groups in total. The molecule has 0 bridgehead atoms. The molecule has 1 rings (SSSR count). The molecule has 0 atom stereocenters. The molecule has 0 aliphatic carbocycles. The minimum atomic E-state index is -0.0194. The molecule has 4 heteroatoms. The highest BCUT2D eigenvalue weighted by molar-refractivity contribution is 9.11. The molecule has 0 aromatic heterocycles. The van der Waals surface area contributed by atoms with Crippen LogP contribution in [0.25, 0.3) is 0 Å². The molecule has 2 nitrogen and oxygen atoms in total. The van der Waals surface area contributed by atoms with Crippen molar-refractivity contribution in [3.63, 3.8) is 0 Å². The highest BCUT2D eigenvalue weighted by atomic mass is 79.9. The monoisotopic (exact) mass is 319 g/mol. The normalized spacial score (nSPS) is 10.4. The van der Waals surface area contributed by atoms with Crippen molar-refractivity contribution >= 4 is 43.5 Å². The van der Waals surface area contributed by atoms with Gasteiger partial charge in [-0.3, -0.25) is 4.79 Å². The Kier molecular flexibility index (Phi) is 4.13. The van der Waals surface area contributed by atoms with Gasteiger partial charge in [0.05, 0.1) is 5.69 Å². The van der Waals surface area contributed by atoms with Crippen LogP contribution in [-0.2, 0) is 4.79 Å². The molecule has 0 saturated heterocycles. The van der Waals surface area contributed by atoms with Crippen molar-refractivity contribution in [3.8, 4) is 0 Å². The molecular weight excluding hydrogens is 310 g/mol. The molecule has 0 radical (unpaired) electrons. The zero-order chi connectivity index (χ0) is 10.7. The van der Waals surface area contributed by atoms with Gasteiger partial charge in [0, 0.05) is 14.9 Å². The van der Waals surface area contributed by atoms with Crippen LogP contribution < -0.4 is 5.32 Å². The van der Waals surface area contributed by atoms with E-state index in [0.717, 1.165) is 14.6 Å². The first-order valence-electron chi connectivity index (χ1n) is 4.27. The van der Waals surface area contributed by atoms with Crippen molar-refractivity contribution in [3.05, 3.63) is 27.1 Å². The molecule has 0 heterocycles. The summed E-state index contributed by atoms with van der Waals surface area (Å²) in [6.07, 6.45) is 0. The van der Waals surface area contributed by atoms with Gasteiger partial charge < -0.3 is 5.32 Å². The summed E-state index contributed by atoms with van der Waals surface area (Å²) in [5.41, 5.74) is 0.784. The summed E-state index contributed by atoms with van der Waals surface area (Å²) >= 11 is 6.76. The molecule has 0 unspecified atom stereocenters. The lowest BCUT2D eigenvalue weighted by atomic mass is 10.2. The van der Waals surface area contributed by atoms with E-state index < -0.39 is 0 Å². The molecule has 0 aliphatic rings. The zero-order valence-electron chi connectivity index (χ0n) is 7.97. The number of nitrogens with one attached hydrogen (secondary N) is 1. The number of carbonyl (C=O) groups is 1. The largest absolute Gasteiger partial charge is 0.324 e. The maximum atomic E-state index is 11.5. The van der Waals surface area contributed by atoms with Gasteiger partial charge in [0.2, 0.25) is 5.91 Å². The minimum absolute atomic E-state index is 0.0117. The third-order valence-electron chi connectivity index (χ3n) is 1.74. The topological polar surface area (TPSA) is 29.1 Å². The van der Waals surface area contributed by atoms with E-state index in [2.05, 4.69) is 37.2 Å². The average molecular weight is 321 g/mol. The van der Waals surface area contributed by atoms with Crippen molar-refractivity contribution in [2.24, 2.45) is 5.92 Å². The highest BCUT2D eigenvalue weighted by Gasteiger charge is 2.11. The van der Waals surface area contributed by atoms with Crippen LogP contribution in [0.3, 0.4) is 0 Å². The van der Waals surface area contributed by atoms with Crippen LogP contribution in [0.4, 0.5) is 5.69 Å². The van der Waals surface area contributed by atoms with E-state index in [1.54, 1.807) is 0 Å². The van der Waals surface area contributed by atoms with Gasteiger partial charge in [0.25, 0.3) is 0 Å². The van der Waals surface area contributed by atoms with Crippen LogP contribution in [0.2, 0.25) is 0 Å². The number of carbonyl (C=O) groups excluding carboxylic acids is 1. The number of hydrogen-bond acceptors (Lipinski definition) is 1. The van der Waals surface area contributed by atoms with E-state index in [0.29, 0.717) is 0 Å². The van der Waals surface area contributed by atoms with Crippen molar-refractivity contribution < 1.29 is 4.79 Å². The maximum Gasteiger partial charge on any atom is 0.226 e. The Balaban J connectivity index is 2.91. The first-order valence-corrected chi connectivity index (χ1v) is 5.86. The van der Waals surface area contributed by atoms with Crippen LogP contribution in [0.15, 0.2) is 27.1 Å². The van der Waals surface area contributed by atoms with Gasteiger partial charge >= 0.3 is 0 Å². The molecular formula is C10H11Br2NO. The van der Waals surface area contributed by atoms with Crippen LogP contribution in [0, 0.1) is 5.92 Å². The van der Waals surface area contributed by atoms with Gasteiger partial charge in [-0.15, -0.1) is 0 Å². The van der Waals surface area contributed by atoms with Gasteiger partial charge in [-0.25, -0.2) is 0 Å². The number of benzene rings is 1. The number of amides is 1. The summed E-state index contributed by atoms with van der Waals surface area (Å²) in [5, 5.41) is 2.85. The van der Waals surface area contributed by atoms with E-state index in [4.69, 9.17) is 0 Å². The SMILES string of the molecule is CC(C)C(=O)Nc1c(Br)cccc1Br. The van der Waals surface area contributed by atoms with Crippen molar-refractivity contribution in [1.82, 2.24) is 0 Å². The van der Waals surface area contributed by atoms with Crippen LogP contribution in [0.5, 0.6) is 0 Å². The molecule has 0 saturated carbocycles. The minimum Gasteiger partial charge on any atom is -0.324 e. The smallest absolute Gasteiger partial charge is 0.226 e. The number of rotatable bonds is 2. The summed E-state index contributed by atoms with van der Waals surface area (Å²) in [5.74, 6) is -0.00777. The average Bonchev–Trinajstić information content (AvgIpc) is 2.11. The highest BCUT2D eigenvalue weighted by Crippen LogP contribution is 2.30. The van der Waals surface area contributed by atoms with Gasteiger partial charge in [0.15, 0.2) is 0 Å². The van der Waals surface area contributed by atoms with Crippen LogP contribution in [0.1, 0.15) is 13.8 Å². The number of para-hydroxylation sites is 1. The quantitative estimate of drug-likeness (QED) is 0.882. The Bertz CT molecular complexity index is 330. The third-order valence-corrected chi connectivity index (χ3v) is 3.06. The standard InChI is InChI=1S/C10H11Br2NO/c1-6(2)10(14)13-9-7(11)4-3-5-8(9)12/h3-6H,1-2H3,(H,13,14). The molecule has 0 spiro atoms. The predicted octanol–water partition coefficient (Wildman–Crippen LogP) is 3.81. The summed E-state index contributed by atoms with van der Waals surface area (Å²) < 4.78 is 1.75. The number of halogens is 2. The van der Waals surface area contributed by atoms with E-state index in [1.165, 1.54) is 0 Å². The van der Waals surface area contributed by atoms with Crippen LogP contribution >= 0.6 is 31.9 Å². The van der Waals surface area contributed by atoms with Gasteiger partial charge in [0.1, 0.15) is 0 Å². The third kappa shape index (κ3) is 2.82. The lowest BCUT2D eigenvalue weighted by molar-refractivity contribution is -0.118. The van der Waals surface area contributed by atoms with Gasteiger partial charge in [-0.1, -0.05) is 19.9 Å². The fourth-order valence-corrected chi connectivity index (χ4v) is 2.08. The molecule has 1 aromatic carbocycles. The Morgan fingerprint density at radius 2 is 1.79 bits per heavy atom. The Labute approximate surface area is 100 Å². The second-order valence-corrected chi connectivity index (χ2v) is 4.95. The molecule has 1 aromatic rings. The van der Waals surface area contributed by atoms with Crippen molar-refractivity contribution in [2.45, 2.75) is 13.8 Å². The fourth-order valence-electron chi connectivity index (χ4n) is 0.885. The fraction of sp³-hybridized carbons (Fsp3) is 0.300. The first-order chi connectivity index (χ1) is 6.52. The summed E-state index contributed by atoms with van der Waals surface area (Å²) in [6.45, 7) is 3.72. The van der Waals surface area contributed by atoms with E-state index >= 15 is 0 Å². The summed E-state index contributed by atoms with van der Waals surface area (Å²) in [7, 11) is 0. The zero-order valence-corrected chi connectivity index (χ0v) is 11.1. The maximum absolute atomic E-state index is 11.5. The van der Waals surface area contributed by atoms with E-state index in [9.17, 15) is 4.79 Å². The molecule has 14 heavy (non-hydrogen) atoms. The summed E-state index contributed by atoms with van der Waals surface area (Å²) in [6, 6.07) is 5.68. The molecule has 0 aliphatic heterocycles. The molecule has 0 fully saturated rings. The second-order valence-electron chi connectivity index (χ2n) is 3.24. The Morgan fingerprint density at radius 1 is 1.29 bits per heavy atom. The Hall–Kier alpha value is -0.350. The van der Waals surface area contributed by atoms with E-state index in [-0.39, 0.29) is 11.8 Å². The molecule has 76 valence electrons. The van der Waals surface area contributed by atoms with E-state index in [1.807, 2.05) is 32.0 Å².